The lowest BCUT2D eigenvalue weighted by Gasteiger charge is -2.03. The zero-order chi connectivity index (χ0) is 43.1. The zero-order valence-electron chi connectivity index (χ0n) is 39.3. The number of imidazole rings is 2. The van der Waals surface area contributed by atoms with E-state index in [-0.39, 0.29) is 34.0 Å². The molecule has 0 aliphatic rings. The van der Waals surface area contributed by atoms with Crippen LogP contribution in [0.3, 0.4) is 0 Å². The molecular formula is C54H86Br4N4+2. The van der Waals surface area contributed by atoms with E-state index in [1.807, 2.05) is 0 Å². The monoisotopic (exact) mass is 1110 g/mol. The van der Waals surface area contributed by atoms with Gasteiger partial charge in [-0.15, -0.1) is 34.0 Å². The van der Waals surface area contributed by atoms with E-state index in [2.05, 4.69) is 147 Å². The summed E-state index contributed by atoms with van der Waals surface area (Å²) in [6.07, 6.45) is 55.8. The number of unbranched alkanes of at least 4 members (excludes halogenated alkanes) is 27. The fourth-order valence-electron chi connectivity index (χ4n) is 7.33. The minimum atomic E-state index is 0. The molecule has 0 aliphatic heterocycles. The molecule has 2 aromatic rings. The summed E-state index contributed by atoms with van der Waals surface area (Å²) in [6, 6.07) is 0. The molecule has 0 N–H and O–H groups in total. The molecule has 0 spiro atoms. The van der Waals surface area contributed by atoms with Crippen molar-refractivity contribution in [1.82, 2.24) is 9.13 Å². The quantitative estimate of drug-likeness (QED) is 0.0278. The average molecular weight is 1110 g/mol. The molecule has 0 radical (unpaired) electrons. The highest BCUT2D eigenvalue weighted by Crippen LogP contribution is 2.14. The lowest BCUT2D eigenvalue weighted by molar-refractivity contribution is -0.697. The molecule has 2 aromatic heterocycles. The predicted molar refractivity (Wildman–Crippen MR) is 286 cm³/mol. The minimum Gasteiger partial charge on any atom is -0.237 e. The molecule has 0 saturated heterocycles. The summed E-state index contributed by atoms with van der Waals surface area (Å²) in [4.78, 5) is 0. The number of halogens is 4. The Morgan fingerprint density at radius 1 is 0.339 bits per heavy atom. The van der Waals surface area contributed by atoms with Gasteiger partial charge in [0.1, 0.15) is 24.8 Å². The minimum absolute atomic E-state index is 0. The van der Waals surface area contributed by atoms with Crippen molar-refractivity contribution < 1.29 is 9.13 Å². The molecule has 0 aliphatic carbocycles. The molecule has 0 amide bonds. The van der Waals surface area contributed by atoms with Gasteiger partial charge in [-0.3, -0.25) is 0 Å². The third-order valence-electron chi connectivity index (χ3n) is 10.9. The molecule has 0 unspecified atom stereocenters. The zero-order valence-corrected chi connectivity index (χ0v) is 45.9. The lowest BCUT2D eigenvalue weighted by atomic mass is 10.1. The molecule has 0 atom stereocenters. The van der Waals surface area contributed by atoms with Crippen LogP contribution in [0.25, 0.3) is 0 Å². The van der Waals surface area contributed by atoms with Crippen molar-refractivity contribution in [3.63, 3.8) is 0 Å². The van der Waals surface area contributed by atoms with Crippen LogP contribution in [0.4, 0.5) is 0 Å². The van der Waals surface area contributed by atoms with Crippen molar-refractivity contribution in [2.24, 2.45) is 0 Å². The van der Waals surface area contributed by atoms with E-state index in [1.165, 1.54) is 229 Å². The summed E-state index contributed by atoms with van der Waals surface area (Å²) in [5.74, 6) is 25.6. The van der Waals surface area contributed by atoms with Crippen molar-refractivity contribution >= 4 is 65.8 Å². The van der Waals surface area contributed by atoms with Gasteiger partial charge in [0, 0.05) is 10.7 Å². The first kappa shape index (κ1) is 62.2. The molecule has 2 heterocycles. The number of nitrogens with zero attached hydrogens (tertiary/aromatic N) is 4. The van der Waals surface area contributed by atoms with Crippen LogP contribution >= 0.6 is 65.8 Å². The summed E-state index contributed by atoms with van der Waals surface area (Å²) in [7, 11) is 0. The first-order valence-electron chi connectivity index (χ1n) is 24.3. The number of rotatable bonds is 37. The van der Waals surface area contributed by atoms with Crippen LogP contribution in [0.5, 0.6) is 0 Å². The average Bonchev–Trinajstić information content (AvgIpc) is 3.92. The van der Waals surface area contributed by atoms with E-state index in [4.69, 9.17) is 0 Å². The molecule has 348 valence electrons. The highest BCUT2D eigenvalue weighted by Gasteiger charge is 2.05. The first-order chi connectivity index (χ1) is 29.7. The maximum atomic E-state index is 3.53. The van der Waals surface area contributed by atoms with Gasteiger partial charge in [-0.2, -0.15) is 0 Å². The standard InChI is InChI=1S/C42H78Br2N4.C12H6.2BrH/c43-31-25-19-13-7-1-3-9-15-21-27-33-45-37-39-47(41-45)35-29-23-17-11-5-6-12-18-24-30-36-48-40-38-46(42-48)34-28-22-16-10-4-2-8-14-20-26-32-44;1-3-5-7-9-11-12-10-8-6-4-2;;/h37-42H,1-36H2;1-2H3;2*1H/q+2;;;. The Hall–Kier alpha value is -1.86. The van der Waals surface area contributed by atoms with Crippen molar-refractivity contribution in [2.75, 3.05) is 10.7 Å². The van der Waals surface area contributed by atoms with Crippen molar-refractivity contribution in [3.8, 4) is 59.2 Å². The van der Waals surface area contributed by atoms with E-state index in [0.717, 1.165) is 0 Å². The largest absolute Gasteiger partial charge is 0.243 e. The number of hydrogen-bond acceptors (Lipinski definition) is 0. The maximum Gasteiger partial charge on any atom is 0.243 e. The van der Waals surface area contributed by atoms with Gasteiger partial charge in [-0.1, -0.05) is 172 Å². The van der Waals surface area contributed by atoms with Crippen LogP contribution < -0.4 is 9.13 Å². The van der Waals surface area contributed by atoms with Crippen LogP contribution in [-0.4, -0.2) is 19.8 Å². The van der Waals surface area contributed by atoms with E-state index in [1.54, 1.807) is 13.8 Å². The summed E-state index contributed by atoms with van der Waals surface area (Å²) >= 11 is 7.05. The normalized spacial score (nSPS) is 9.74. The molecule has 0 saturated carbocycles. The molecular weight excluding hydrogens is 1020 g/mol. The third-order valence-corrected chi connectivity index (χ3v) is 12.0. The van der Waals surface area contributed by atoms with Crippen molar-refractivity contribution in [2.45, 2.75) is 233 Å². The van der Waals surface area contributed by atoms with Gasteiger partial charge >= 0.3 is 0 Å². The van der Waals surface area contributed by atoms with Gasteiger partial charge in [0.25, 0.3) is 0 Å². The molecule has 0 fully saturated rings. The summed E-state index contributed by atoms with van der Waals surface area (Å²) < 4.78 is 9.61. The van der Waals surface area contributed by atoms with Gasteiger partial charge in [-0.05, 0) is 125 Å². The van der Waals surface area contributed by atoms with Crippen LogP contribution in [0.1, 0.15) is 206 Å². The van der Waals surface area contributed by atoms with Gasteiger partial charge in [0.15, 0.2) is 0 Å². The van der Waals surface area contributed by atoms with E-state index < -0.39 is 0 Å². The first-order valence-corrected chi connectivity index (χ1v) is 26.5. The predicted octanol–water partition coefficient (Wildman–Crippen LogP) is 15.3. The molecule has 0 aromatic carbocycles. The lowest BCUT2D eigenvalue weighted by Crippen LogP contribution is -2.30. The SMILES string of the molecule is Br.Br.BrCCCCCCCCCCCC[n+]1ccn(CCCCCCCCCCCCn2cc[n+](CCCCCCCCCCCCBr)c2)c1.CC#CC#CC#CC#CC#CC. The van der Waals surface area contributed by atoms with Crippen LogP contribution in [-0.2, 0) is 26.2 Å². The Balaban J connectivity index is 0. The van der Waals surface area contributed by atoms with Crippen LogP contribution in [0, 0.1) is 59.2 Å². The number of aryl methyl sites for hydroxylation is 4. The van der Waals surface area contributed by atoms with E-state index in [9.17, 15) is 0 Å². The van der Waals surface area contributed by atoms with E-state index in [0.29, 0.717) is 0 Å². The molecule has 62 heavy (non-hydrogen) atoms. The number of alkyl halides is 2. The Labute approximate surface area is 420 Å². The Bertz CT molecular complexity index is 1470. The molecule has 2 rings (SSSR count). The summed E-state index contributed by atoms with van der Waals surface area (Å²) in [5, 5.41) is 2.34. The Morgan fingerprint density at radius 3 is 0.855 bits per heavy atom. The highest BCUT2D eigenvalue weighted by molar-refractivity contribution is 9.09. The topological polar surface area (TPSA) is 17.6 Å². The second kappa shape index (κ2) is 51.8. The molecule has 4 nitrogen and oxygen atoms in total. The Kier molecular flexibility index (Phi) is 52.0. The fourth-order valence-corrected chi connectivity index (χ4v) is 8.12. The van der Waals surface area contributed by atoms with Crippen molar-refractivity contribution in [1.29, 1.82) is 0 Å². The smallest absolute Gasteiger partial charge is 0.237 e. The third kappa shape index (κ3) is 43.4. The fraction of sp³-hybridized carbons (Fsp3) is 0.704. The van der Waals surface area contributed by atoms with Gasteiger partial charge in [-0.25, -0.2) is 18.3 Å². The summed E-state index contributed by atoms with van der Waals surface area (Å²) in [5.41, 5.74) is 0. The maximum absolute atomic E-state index is 3.53. The number of aromatic nitrogens is 4. The highest BCUT2D eigenvalue weighted by atomic mass is 79.9. The van der Waals surface area contributed by atoms with Crippen molar-refractivity contribution in [3.05, 3.63) is 37.4 Å². The molecule has 0 bridgehead atoms. The Morgan fingerprint density at radius 2 is 0.581 bits per heavy atom. The van der Waals surface area contributed by atoms with Gasteiger partial charge in [0.05, 0.1) is 26.2 Å². The molecule has 8 heteroatoms. The number of hydrogen-bond donors (Lipinski definition) is 0. The second-order valence-electron chi connectivity index (χ2n) is 16.3. The van der Waals surface area contributed by atoms with Crippen LogP contribution in [0.2, 0.25) is 0 Å². The van der Waals surface area contributed by atoms with Crippen LogP contribution in [0.15, 0.2) is 37.4 Å². The van der Waals surface area contributed by atoms with Gasteiger partial charge < -0.3 is 0 Å². The van der Waals surface area contributed by atoms with E-state index >= 15 is 0 Å². The summed E-state index contributed by atoms with van der Waals surface area (Å²) in [6.45, 7) is 8.18. The second-order valence-corrected chi connectivity index (χ2v) is 17.8. The van der Waals surface area contributed by atoms with Gasteiger partial charge in [0.2, 0.25) is 12.7 Å².